The van der Waals surface area contributed by atoms with E-state index in [9.17, 15) is 14.7 Å². The first kappa shape index (κ1) is 25.9. The zero-order valence-electron chi connectivity index (χ0n) is 19.4. The number of allylic oxidation sites excluding steroid dienone is 1. The van der Waals surface area contributed by atoms with Crippen LogP contribution in [0.3, 0.4) is 0 Å². The molecule has 5 nitrogen and oxygen atoms in total. The lowest BCUT2D eigenvalue weighted by Gasteiger charge is -2.31. The van der Waals surface area contributed by atoms with Gasteiger partial charge in [-0.25, -0.2) is 5.01 Å². The molecule has 1 aliphatic heterocycles. The Morgan fingerprint density at radius 2 is 1.49 bits per heavy atom. The van der Waals surface area contributed by atoms with Gasteiger partial charge in [0.2, 0.25) is 11.6 Å². The van der Waals surface area contributed by atoms with Crippen LogP contribution in [-0.4, -0.2) is 39.1 Å². The smallest absolute Gasteiger partial charge is 0.234 e. The molecule has 0 radical (unpaired) electrons. The first-order valence-corrected chi connectivity index (χ1v) is 13.2. The molecule has 1 saturated heterocycles. The van der Waals surface area contributed by atoms with Crippen molar-refractivity contribution in [2.24, 2.45) is 5.92 Å². The van der Waals surface area contributed by atoms with Crippen LogP contribution >= 0.6 is 36.4 Å². The zero-order chi connectivity index (χ0) is 24.9. The summed E-state index contributed by atoms with van der Waals surface area (Å²) in [5.74, 6) is -0.708. The molecular weight excluding hydrogens is 500 g/mol. The van der Waals surface area contributed by atoms with Crippen LogP contribution in [0.5, 0.6) is 0 Å². The van der Waals surface area contributed by atoms with Gasteiger partial charge in [0, 0.05) is 34.8 Å². The second-order valence-electron chi connectivity index (χ2n) is 9.18. The maximum Gasteiger partial charge on any atom is 0.234 e. The van der Waals surface area contributed by atoms with Gasteiger partial charge in [0.25, 0.3) is 0 Å². The molecule has 2 fully saturated rings. The molecule has 2 N–H and O–H groups in total. The monoisotopic (exact) mass is 528 g/mol. The van der Waals surface area contributed by atoms with Crippen LogP contribution in [0.2, 0.25) is 5.02 Å². The van der Waals surface area contributed by atoms with Crippen LogP contribution in [0, 0.1) is 5.92 Å². The first-order valence-electron chi connectivity index (χ1n) is 12.0. The number of hydrogen-bond acceptors (Lipinski definition) is 5. The van der Waals surface area contributed by atoms with Crippen LogP contribution < -0.4 is 5.43 Å². The highest BCUT2D eigenvalue weighted by Crippen LogP contribution is 2.42. The quantitative estimate of drug-likeness (QED) is 0.252. The molecule has 0 unspecified atom stereocenters. The highest BCUT2D eigenvalue weighted by atomic mass is 35.5. The third-order valence-corrected chi connectivity index (χ3v) is 7.41. The van der Waals surface area contributed by atoms with E-state index >= 15 is 0 Å². The molecule has 1 saturated carbocycles. The van der Waals surface area contributed by atoms with E-state index in [0.717, 1.165) is 43.8 Å². The number of carbonyl (C=O) groups is 2. The van der Waals surface area contributed by atoms with Gasteiger partial charge in [-0.2, -0.15) is 0 Å². The van der Waals surface area contributed by atoms with Gasteiger partial charge in [-0.1, -0.05) is 60.2 Å². The Bertz CT molecular complexity index is 1140. The van der Waals surface area contributed by atoms with E-state index in [-0.39, 0.29) is 11.7 Å². The zero-order valence-corrected chi connectivity index (χ0v) is 21.8. The maximum atomic E-state index is 12.6. The number of benzene rings is 2. The molecule has 8 heteroatoms. The van der Waals surface area contributed by atoms with Crippen LogP contribution in [0.4, 0.5) is 0 Å². The lowest BCUT2D eigenvalue weighted by atomic mass is 9.72. The van der Waals surface area contributed by atoms with Gasteiger partial charge < -0.3 is 10.5 Å². The number of rotatable bonds is 3. The standard InChI is InChI=1S/C22H19ClO3.C5H10N2S2/c23-16-11-9-14(10-12-16)13-5-7-15(8-6-13)19-20(24)17-3-1-2-4-18(17)21(25)22(19)26;8-5(9)6-7-3-1-2-4-7/h1-4,9-13,15,24H,5-8H2;1-4H2,(H2,6,8,9). The Morgan fingerprint density at radius 1 is 0.914 bits per heavy atom. The number of ketones is 2. The molecule has 2 aromatic carbocycles. The summed E-state index contributed by atoms with van der Waals surface area (Å²) in [5.41, 5.74) is 5.31. The highest BCUT2D eigenvalue weighted by Gasteiger charge is 2.38. The highest BCUT2D eigenvalue weighted by molar-refractivity contribution is 8.11. The summed E-state index contributed by atoms with van der Waals surface area (Å²) < 4.78 is 0.567. The molecule has 0 bridgehead atoms. The fraction of sp³-hybridized carbons (Fsp3) is 0.370. The van der Waals surface area contributed by atoms with Gasteiger partial charge in [0.05, 0.1) is 0 Å². The number of nitrogens with zero attached hydrogens (tertiary/aromatic N) is 1. The predicted octanol–water partition coefficient (Wildman–Crippen LogP) is 6.15. The van der Waals surface area contributed by atoms with Crippen LogP contribution in [-0.2, 0) is 4.79 Å². The molecule has 2 aromatic rings. The number of thiol groups is 1. The third-order valence-electron chi connectivity index (χ3n) is 6.97. The van der Waals surface area contributed by atoms with Crippen molar-refractivity contribution in [2.45, 2.75) is 44.4 Å². The Morgan fingerprint density at radius 3 is 2.09 bits per heavy atom. The molecule has 0 amide bonds. The van der Waals surface area contributed by atoms with E-state index in [1.807, 2.05) is 12.1 Å². The Balaban J connectivity index is 0.000000271. The number of aliphatic hydroxyl groups excluding tert-OH is 1. The van der Waals surface area contributed by atoms with E-state index in [2.05, 4.69) is 35.2 Å². The lowest BCUT2D eigenvalue weighted by Crippen LogP contribution is -2.36. The number of nitrogens with one attached hydrogen (secondary N) is 1. The number of Topliss-reactive ketones (excluding diaryl/α,β-unsaturated/α-hetero) is 2. The van der Waals surface area contributed by atoms with Gasteiger partial charge in [0.15, 0.2) is 0 Å². The summed E-state index contributed by atoms with van der Waals surface area (Å²) in [4.78, 5) is 25.0. The van der Waals surface area contributed by atoms with Crippen molar-refractivity contribution in [3.05, 3.63) is 75.8 Å². The van der Waals surface area contributed by atoms with Gasteiger partial charge in [-0.05, 0) is 68.1 Å². The molecule has 35 heavy (non-hydrogen) atoms. The number of hydrazine groups is 1. The third kappa shape index (κ3) is 6.15. The Kier molecular flexibility index (Phi) is 8.65. The topological polar surface area (TPSA) is 69.6 Å². The molecule has 5 rings (SSSR count). The fourth-order valence-corrected chi connectivity index (χ4v) is 5.57. The molecule has 184 valence electrons. The first-order chi connectivity index (χ1) is 16.8. The molecule has 3 aliphatic rings. The molecule has 1 heterocycles. The van der Waals surface area contributed by atoms with E-state index in [1.165, 1.54) is 18.4 Å². The molecule has 0 atom stereocenters. The van der Waals surface area contributed by atoms with Crippen LogP contribution in [0.1, 0.15) is 65.9 Å². The van der Waals surface area contributed by atoms with Crippen molar-refractivity contribution in [2.75, 3.05) is 13.1 Å². The largest absolute Gasteiger partial charge is 0.507 e. The van der Waals surface area contributed by atoms with Crippen LogP contribution in [0.25, 0.3) is 5.76 Å². The molecular formula is C27H29ClN2O3S2. The Labute approximate surface area is 221 Å². The molecule has 0 aromatic heterocycles. The van der Waals surface area contributed by atoms with Crippen molar-refractivity contribution in [3.8, 4) is 0 Å². The second-order valence-corrected chi connectivity index (χ2v) is 10.8. The van der Waals surface area contributed by atoms with Crippen molar-refractivity contribution >= 4 is 58.1 Å². The minimum absolute atomic E-state index is 0.0138. The van der Waals surface area contributed by atoms with Gasteiger partial charge in [-0.3, -0.25) is 9.59 Å². The Hall–Kier alpha value is -2.19. The molecule has 0 spiro atoms. The summed E-state index contributed by atoms with van der Waals surface area (Å²) in [6.45, 7) is 2.20. The van der Waals surface area contributed by atoms with Crippen molar-refractivity contribution in [3.63, 3.8) is 0 Å². The number of hydrogen-bond donors (Lipinski definition) is 3. The number of thiocarbonyl (C=S) groups is 1. The van der Waals surface area contributed by atoms with E-state index in [0.29, 0.717) is 26.9 Å². The summed E-state index contributed by atoms with van der Waals surface area (Å²) >= 11 is 14.7. The summed E-state index contributed by atoms with van der Waals surface area (Å²) in [5, 5.41) is 13.5. The predicted molar refractivity (Wildman–Crippen MR) is 147 cm³/mol. The van der Waals surface area contributed by atoms with Crippen molar-refractivity contribution < 1.29 is 14.7 Å². The minimum atomic E-state index is -0.545. The van der Waals surface area contributed by atoms with E-state index in [1.54, 1.807) is 24.3 Å². The van der Waals surface area contributed by atoms with Crippen molar-refractivity contribution in [1.29, 1.82) is 0 Å². The van der Waals surface area contributed by atoms with Gasteiger partial charge in [-0.15, -0.1) is 12.6 Å². The molecule has 2 aliphatic carbocycles. The van der Waals surface area contributed by atoms with Gasteiger partial charge >= 0.3 is 0 Å². The number of aliphatic hydroxyl groups is 1. The maximum absolute atomic E-state index is 12.6. The fourth-order valence-electron chi connectivity index (χ4n) is 5.18. The SMILES string of the molecule is O=C1C(=O)c2ccccc2C(O)=C1C1CCC(c2ccc(Cl)cc2)CC1.S=C(S)NN1CCCC1. The minimum Gasteiger partial charge on any atom is -0.507 e. The number of fused-ring (bicyclic) bond motifs is 1. The second kappa shape index (κ2) is 11.7. The average Bonchev–Trinajstić information content (AvgIpc) is 3.37. The van der Waals surface area contributed by atoms with Crippen LogP contribution in [0.15, 0.2) is 54.1 Å². The van der Waals surface area contributed by atoms with Gasteiger partial charge in [0.1, 0.15) is 10.1 Å². The lowest BCUT2D eigenvalue weighted by molar-refractivity contribution is -0.112. The van der Waals surface area contributed by atoms with E-state index in [4.69, 9.17) is 23.8 Å². The summed E-state index contributed by atoms with van der Waals surface area (Å²) in [7, 11) is 0. The summed E-state index contributed by atoms with van der Waals surface area (Å²) in [6.07, 6.45) is 5.95. The average molecular weight is 529 g/mol. The van der Waals surface area contributed by atoms with Crippen molar-refractivity contribution in [1.82, 2.24) is 10.4 Å². The number of halogens is 1. The number of carbonyl (C=O) groups excluding carboxylic acids is 2. The van der Waals surface area contributed by atoms with E-state index < -0.39 is 11.6 Å². The summed E-state index contributed by atoms with van der Waals surface area (Å²) in [6, 6.07) is 14.7. The normalized spacial score (nSPS) is 22.3.